The maximum absolute atomic E-state index is 12.2. The van der Waals surface area contributed by atoms with E-state index in [1.54, 1.807) is 22.9 Å². The van der Waals surface area contributed by atoms with Crippen LogP contribution in [-0.4, -0.2) is 17.9 Å². The molecule has 1 aromatic heterocycles. The quantitative estimate of drug-likeness (QED) is 0.653. The number of hydrogen-bond acceptors (Lipinski definition) is 3. The average Bonchev–Trinajstić information content (AvgIpc) is 2.58. The first-order valence-corrected chi connectivity index (χ1v) is 7.57. The number of carbonyl (C=O) groups is 2. The van der Waals surface area contributed by atoms with Crippen LogP contribution in [0.2, 0.25) is 0 Å². The molecule has 0 spiro atoms. The van der Waals surface area contributed by atoms with Crippen LogP contribution >= 0.6 is 0 Å². The van der Waals surface area contributed by atoms with Crippen LogP contribution in [0.1, 0.15) is 29.3 Å². The van der Waals surface area contributed by atoms with E-state index in [4.69, 9.17) is 4.74 Å². The molecule has 23 heavy (non-hydrogen) atoms. The highest BCUT2D eigenvalue weighted by Gasteiger charge is 2.22. The standard InChI is InChI=1S/C18H20N2O3/c1-3-16(18(22)23-13-14-8-5-4-6-9-14)19-17(21)15-10-7-11-20(2)12-15/h4-12,16H,3,13H2,1-2H3/p+1. The highest BCUT2D eigenvalue weighted by atomic mass is 16.5. The van der Waals surface area contributed by atoms with Gasteiger partial charge in [-0.3, -0.25) is 4.79 Å². The number of benzene rings is 1. The molecule has 1 aromatic carbocycles. The summed E-state index contributed by atoms with van der Waals surface area (Å²) in [4.78, 5) is 24.4. The van der Waals surface area contributed by atoms with Crippen molar-refractivity contribution in [2.24, 2.45) is 7.05 Å². The van der Waals surface area contributed by atoms with Gasteiger partial charge in [0, 0.05) is 6.07 Å². The number of carbonyl (C=O) groups excluding carboxylic acids is 2. The van der Waals surface area contributed by atoms with E-state index >= 15 is 0 Å². The van der Waals surface area contributed by atoms with Gasteiger partial charge in [0.2, 0.25) is 0 Å². The van der Waals surface area contributed by atoms with E-state index in [1.807, 2.05) is 50.5 Å². The van der Waals surface area contributed by atoms with E-state index in [0.29, 0.717) is 12.0 Å². The minimum absolute atomic E-state index is 0.201. The fourth-order valence-corrected chi connectivity index (χ4v) is 2.12. The Hall–Kier alpha value is -2.69. The molecule has 2 rings (SSSR count). The van der Waals surface area contributed by atoms with E-state index in [-0.39, 0.29) is 12.5 Å². The van der Waals surface area contributed by atoms with Crippen LogP contribution in [0.3, 0.4) is 0 Å². The second-order valence-electron chi connectivity index (χ2n) is 5.29. The number of nitrogens with one attached hydrogen (secondary N) is 1. The summed E-state index contributed by atoms with van der Waals surface area (Å²) in [5.41, 5.74) is 1.42. The molecule has 1 amide bonds. The summed E-state index contributed by atoms with van der Waals surface area (Å²) in [6.45, 7) is 2.03. The van der Waals surface area contributed by atoms with Crippen LogP contribution in [0, 0.1) is 0 Å². The molecule has 0 radical (unpaired) electrons. The molecule has 0 aliphatic carbocycles. The van der Waals surface area contributed by atoms with Gasteiger partial charge in [0.1, 0.15) is 25.3 Å². The fourth-order valence-electron chi connectivity index (χ4n) is 2.12. The average molecular weight is 313 g/mol. The number of esters is 1. The summed E-state index contributed by atoms with van der Waals surface area (Å²) >= 11 is 0. The highest BCUT2D eigenvalue weighted by molar-refractivity contribution is 5.96. The van der Waals surface area contributed by atoms with Crippen molar-refractivity contribution >= 4 is 11.9 Å². The van der Waals surface area contributed by atoms with E-state index in [2.05, 4.69) is 5.32 Å². The normalized spacial score (nSPS) is 11.6. The van der Waals surface area contributed by atoms with Crippen molar-refractivity contribution in [1.29, 1.82) is 0 Å². The van der Waals surface area contributed by atoms with E-state index in [9.17, 15) is 9.59 Å². The van der Waals surface area contributed by atoms with Gasteiger partial charge in [-0.2, -0.15) is 0 Å². The van der Waals surface area contributed by atoms with Crippen LogP contribution in [-0.2, 0) is 23.2 Å². The van der Waals surface area contributed by atoms with Crippen LogP contribution in [0.5, 0.6) is 0 Å². The number of ether oxygens (including phenoxy) is 1. The van der Waals surface area contributed by atoms with Gasteiger partial charge in [0.15, 0.2) is 12.4 Å². The van der Waals surface area contributed by atoms with Crippen LogP contribution in [0.15, 0.2) is 54.9 Å². The van der Waals surface area contributed by atoms with Crippen LogP contribution < -0.4 is 9.88 Å². The summed E-state index contributed by atoms with van der Waals surface area (Å²) in [7, 11) is 1.84. The van der Waals surface area contributed by atoms with E-state index < -0.39 is 12.0 Å². The molecule has 1 heterocycles. The van der Waals surface area contributed by atoms with Gasteiger partial charge in [-0.1, -0.05) is 37.3 Å². The van der Waals surface area contributed by atoms with Gasteiger partial charge in [-0.25, -0.2) is 9.36 Å². The van der Waals surface area contributed by atoms with Gasteiger partial charge < -0.3 is 10.1 Å². The van der Waals surface area contributed by atoms with Crippen LogP contribution in [0.4, 0.5) is 0 Å². The lowest BCUT2D eigenvalue weighted by Crippen LogP contribution is -2.42. The smallest absolute Gasteiger partial charge is 0.328 e. The number of nitrogens with zero attached hydrogens (tertiary/aromatic N) is 1. The Morgan fingerprint density at radius 1 is 1.17 bits per heavy atom. The summed E-state index contributed by atoms with van der Waals surface area (Å²) < 4.78 is 7.06. The third kappa shape index (κ3) is 4.92. The zero-order chi connectivity index (χ0) is 16.7. The molecule has 1 N–H and O–H groups in total. The van der Waals surface area contributed by atoms with E-state index in [0.717, 1.165) is 5.56 Å². The zero-order valence-corrected chi connectivity index (χ0v) is 13.4. The summed E-state index contributed by atoms with van der Waals surface area (Å²) in [5.74, 6) is -0.713. The Kier molecular flexibility index (Phi) is 5.86. The molecule has 0 saturated carbocycles. The topological polar surface area (TPSA) is 59.3 Å². The Morgan fingerprint density at radius 2 is 1.91 bits per heavy atom. The molecule has 5 nitrogen and oxygen atoms in total. The summed E-state index contributed by atoms with van der Waals surface area (Å²) in [6, 6.07) is 12.3. The molecular weight excluding hydrogens is 292 g/mol. The first kappa shape index (κ1) is 16.7. The van der Waals surface area contributed by atoms with Crippen LogP contribution in [0.25, 0.3) is 0 Å². The highest BCUT2D eigenvalue weighted by Crippen LogP contribution is 2.04. The Bertz CT molecular complexity index is 671. The van der Waals surface area contributed by atoms with Crippen molar-refractivity contribution in [2.75, 3.05) is 0 Å². The van der Waals surface area contributed by atoms with Crippen molar-refractivity contribution in [3.05, 3.63) is 66.0 Å². The third-order valence-corrected chi connectivity index (χ3v) is 3.42. The lowest BCUT2D eigenvalue weighted by molar-refractivity contribution is -0.671. The van der Waals surface area contributed by atoms with Crippen molar-refractivity contribution in [1.82, 2.24) is 5.32 Å². The molecule has 0 fully saturated rings. The monoisotopic (exact) mass is 313 g/mol. The maximum atomic E-state index is 12.2. The molecule has 120 valence electrons. The van der Waals surface area contributed by atoms with Gasteiger partial charge in [0.05, 0.1) is 0 Å². The number of aryl methyl sites for hydroxylation is 1. The predicted octanol–water partition coefficient (Wildman–Crippen LogP) is 1.76. The molecule has 0 saturated heterocycles. The molecule has 0 bridgehead atoms. The predicted molar refractivity (Wildman–Crippen MR) is 85.4 cm³/mol. The zero-order valence-electron chi connectivity index (χ0n) is 13.4. The van der Waals surface area contributed by atoms with Gasteiger partial charge in [-0.05, 0) is 18.1 Å². The number of amides is 1. The number of rotatable bonds is 6. The molecule has 1 unspecified atom stereocenters. The fraction of sp³-hybridized carbons (Fsp3) is 0.278. The van der Waals surface area contributed by atoms with Gasteiger partial charge in [0.25, 0.3) is 5.91 Å². The molecule has 2 aromatic rings. The molecule has 5 heteroatoms. The SMILES string of the molecule is CCC(NC(=O)c1ccc[n+](C)c1)C(=O)OCc1ccccc1. The maximum Gasteiger partial charge on any atom is 0.328 e. The minimum Gasteiger partial charge on any atom is -0.459 e. The Balaban J connectivity index is 1.93. The van der Waals surface area contributed by atoms with E-state index in [1.165, 1.54) is 0 Å². The van der Waals surface area contributed by atoms with Gasteiger partial charge in [-0.15, -0.1) is 0 Å². The molecule has 0 aliphatic heterocycles. The molecular formula is C18H21N2O3+. The second kappa shape index (κ2) is 8.08. The summed E-state index contributed by atoms with van der Waals surface area (Å²) in [6.07, 6.45) is 4.01. The third-order valence-electron chi connectivity index (χ3n) is 3.42. The van der Waals surface area contributed by atoms with Crippen molar-refractivity contribution < 1.29 is 18.9 Å². The Labute approximate surface area is 135 Å². The lowest BCUT2D eigenvalue weighted by Gasteiger charge is -2.15. The number of pyridine rings is 1. The summed E-state index contributed by atoms with van der Waals surface area (Å²) in [5, 5.41) is 2.72. The van der Waals surface area contributed by atoms with Gasteiger partial charge >= 0.3 is 5.97 Å². The lowest BCUT2D eigenvalue weighted by atomic mass is 10.2. The van der Waals surface area contributed by atoms with Crippen molar-refractivity contribution in [3.8, 4) is 0 Å². The molecule has 0 aliphatic rings. The first-order valence-electron chi connectivity index (χ1n) is 7.57. The van der Waals surface area contributed by atoms with Crippen molar-refractivity contribution in [2.45, 2.75) is 26.0 Å². The second-order valence-corrected chi connectivity index (χ2v) is 5.29. The number of hydrogen-bond donors (Lipinski definition) is 1. The van der Waals surface area contributed by atoms with Crippen molar-refractivity contribution in [3.63, 3.8) is 0 Å². The largest absolute Gasteiger partial charge is 0.459 e. The Morgan fingerprint density at radius 3 is 2.57 bits per heavy atom. The number of aromatic nitrogens is 1. The molecule has 1 atom stereocenters. The minimum atomic E-state index is -0.656. The first-order chi connectivity index (χ1) is 11.1.